The highest BCUT2D eigenvalue weighted by Gasteiger charge is 2.19. The summed E-state index contributed by atoms with van der Waals surface area (Å²) in [6.45, 7) is 0. The van der Waals surface area contributed by atoms with E-state index in [9.17, 15) is 0 Å². The van der Waals surface area contributed by atoms with Gasteiger partial charge in [-0.2, -0.15) is 0 Å². The van der Waals surface area contributed by atoms with Crippen LogP contribution in [0, 0.1) is 0 Å². The summed E-state index contributed by atoms with van der Waals surface area (Å²) in [5.74, 6) is 1.43. The van der Waals surface area contributed by atoms with Crippen LogP contribution in [0.2, 0.25) is 0 Å². The fourth-order valence-corrected chi connectivity index (χ4v) is 11.6. The van der Waals surface area contributed by atoms with Gasteiger partial charge in [-0.05, 0) is 68.8 Å². The summed E-state index contributed by atoms with van der Waals surface area (Å²) in [7, 11) is 0. The van der Waals surface area contributed by atoms with Crippen molar-refractivity contribution < 1.29 is 0 Å². The molecule has 0 amide bonds. The average molecular weight is 903 g/mol. The van der Waals surface area contributed by atoms with Crippen molar-refractivity contribution in [2.24, 2.45) is 0 Å². The zero-order chi connectivity index (χ0) is 45.0. The van der Waals surface area contributed by atoms with E-state index in [0.29, 0.717) is 11.6 Å². The van der Waals surface area contributed by atoms with Gasteiger partial charge in [0, 0.05) is 42.4 Å². The van der Waals surface area contributed by atoms with Gasteiger partial charge in [0.15, 0.2) is 11.6 Å². The number of hydrogen-bond acceptors (Lipinski definition) is 6. The van der Waals surface area contributed by atoms with Gasteiger partial charge in [0.2, 0.25) is 0 Å². The molecule has 6 heteroatoms. The van der Waals surface area contributed by atoms with Gasteiger partial charge in [-0.25, -0.2) is 19.9 Å². The smallest absolute Gasteiger partial charge is 0.160 e. The third-order valence-corrected chi connectivity index (χ3v) is 15.1. The van der Waals surface area contributed by atoms with E-state index in [4.69, 9.17) is 19.9 Å². The number of fused-ring (bicyclic) bond motifs is 6. The lowest BCUT2D eigenvalue weighted by Crippen LogP contribution is -1.94. The number of aromatic nitrogens is 4. The Morgan fingerprint density at radius 2 is 0.544 bits per heavy atom. The topological polar surface area (TPSA) is 51.6 Å². The average Bonchev–Trinajstić information content (AvgIpc) is 4.00. The first-order chi connectivity index (χ1) is 33.7. The SMILES string of the molecule is c1ccc(-c2cccc(-c3nc(-c4ccc(-c5ccc(-c6ccc(-c7nc(-c8cccc(-c9ccccc9)c8)c8sc9ccccc9c8n7)cc6)cc5)cc4)nc4c3sc3ccccc34)c2)cc1. The zero-order valence-corrected chi connectivity index (χ0v) is 38.2. The molecule has 0 aliphatic rings. The van der Waals surface area contributed by atoms with Gasteiger partial charge in [0.05, 0.1) is 31.8 Å². The second-order valence-electron chi connectivity index (χ2n) is 17.0. The molecule has 13 aromatic rings. The summed E-state index contributed by atoms with van der Waals surface area (Å²) in [4.78, 5) is 21.0. The zero-order valence-electron chi connectivity index (χ0n) is 36.5. The standard InChI is InChI=1S/C62H38N4S2/c1-3-13-39(14-4-1)47-17-11-19-49(37-47)55-59-57(51-21-7-9-23-53(51)67-59)65-61(63-55)45-33-29-43(30-34-45)41-25-27-42(28-26-41)44-31-35-46(36-32-44)62-64-56(60-58(66-62)52-22-8-10-24-54(52)68-60)50-20-12-18-48(38-50)40-15-5-2-6-16-40/h1-38H. The molecule has 318 valence electrons. The van der Waals surface area contributed by atoms with E-state index in [-0.39, 0.29) is 0 Å². The summed E-state index contributed by atoms with van der Waals surface area (Å²) in [6.07, 6.45) is 0. The lowest BCUT2D eigenvalue weighted by molar-refractivity contribution is 1.24. The van der Waals surface area contributed by atoms with Gasteiger partial charge < -0.3 is 0 Å². The summed E-state index contributed by atoms with van der Waals surface area (Å²) >= 11 is 3.51. The molecule has 0 spiro atoms. The van der Waals surface area contributed by atoms with Crippen LogP contribution >= 0.6 is 22.7 Å². The molecule has 0 N–H and O–H groups in total. The Morgan fingerprint density at radius 1 is 0.235 bits per heavy atom. The van der Waals surface area contributed by atoms with Crippen molar-refractivity contribution in [3.63, 3.8) is 0 Å². The van der Waals surface area contributed by atoms with E-state index in [1.807, 2.05) is 0 Å². The maximum Gasteiger partial charge on any atom is 0.160 e. The number of thiophene rings is 2. The summed E-state index contributed by atoms with van der Waals surface area (Å²) in [5, 5.41) is 2.31. The molecule has 0 saturated heterocycles. The van der Waals surface area contributed by atoms with Gasteiger partial charge in [0.1, 0.15) is 0 Å². The molecule has 0 atom stereocenters. The molecule has 9 aromatic carbocycles. The quantitative estimate of drug-likeness (QED) is 0.152. The minimum absolute atomic E-state index is 0.717. The van der Waals surface area contributed by atoms with Crippen LogP contribution in [-0.4, -0.2) is 19.9 Å². The molecule has 4 aromatic heterocycles. The second kappa shape index (κ2) is 16.8. The molecule has 0 bridgehead atoms. The molecule has 4 heterocycles. The Bertz CT molecular complexity index is 3730. The van der Waals surface area contributed by atoms with E-state index in [1.54, 1.807) is 22.7 Å². The lowest BCUT2D eigenvalue weighted by atomic mass is 9.98. The molecule has 0 saturated carbocycles. The number of benzene rings is 9. The van der Waals surface area contributed by atoms with Crippen LogP contribution in [0.4, 0.5) is 0 Å². The van der Waals surface area contributed by atoms with Crippen molar-refractivity contribution in [2.75, 3.05) is 0 Å². The first-order valence-corrected chi connectivity index (χ1v) is 24.3. The molecule has 0 aliphatic carbocycles. The van der Waals surface area contributed by atoms with E-state index < -0.39 is 0 Å². The van der Waals surface area contributed by atoms with Crippen molar-refractivity contribution in [1.82, 2.24) is 19.9 Å². The fraction of sp³-hybridized carbons (Fsp3) is 0. The van der Waals surface area contributed by atoms with E-state index in [2.05, 4.69) is 231 Å². The maximum absolute atomic E-state index is 5.29. The largest absolute Gasteiger partial charge is 0.226 e. The van der Waals surface area contributed by atoms with Crippen LogP contribution in [0.1, 0.15) is 0 Å². The van der Waals surface area contributed by atoms with Crippen LogP contribution in [0.15, 0.2) is 231 Å². The Morgan fingerprint density at radius 3 is 0.941 bits per heavy atom. The van der Waals surface area contributed by atoms with Crippen molar-refractivity contribution in [3.8, 4) is 89.8 Å². The highest BCUT2D eigenvalue weighted by Crippen LogP contribution is 2.42. The highest BCUT2D eigenvalue weighted by atomic mass is 32.1. The van der Waals surface area contributed by atoms with Crippen LogP contribution < -0.4 is 0 Å². The van der Waals surface area contributed by atoms with E-state index >= 15 is 0 Å². The van der Waals surface area contributed by atoms with Crippen molar-refractivity contribution in [1.29, 1.82) is 0 Å². The number of rotatable bonds is 8. The molecular weight excluding hydrogens is 865 g/mol. The summed E-state index contributed by atoms with van der Waals surface area (Å²) < 4.78 is 4.61. The van der Waals surface area contributed by atoms with Gasteiger partial charge in [-0.1, -0.05) is 206 Å². The summed E-state index contributed by atoms with van der Waals surface area (Å²) in [6, 6.07) is 81.5. The highest BCUT2D eigenvalue weighted by molar-refractivity contribution is 7.26. The maximum atomic E-state index is 5.29. The molecule has 68 heavy (non-hydrogen) atoms. The monoisotopic (exact) mass is 902 g/mol. The van der Waals surface area contributed by atoms with Crippen LogP contribution in [0.5, 0.6) is 0 Å². The van der Waals surface area contributed by atoms with Crippen LogP contribution in [0.25, 0.3) is 130 Å². The predicted octanol–water partition coefficient (Wildman–Crippen LogP) is 17.3. The predicted molar refractivity (Wildman–Crippen MR) is 287 cm³/mol. The molecule has 13 rings (SSSR count). The third-order valence-electron chi connectivity index (χ3n) is 12.8. The molecule has 0 fully saturated rings. The van der Waals surface area contributed by atoms with E-state index in [0.717, 1.165) is 98.2 Å². The van der Waals surface area contributed by atoms with Crippen molar-refractivity contribution >= 4 is 63.3 Å². The van der Waals surface area contributed by atoms with Crippen molar-refractivity contribution in [2.45, 2.75) is 0 Å². The van der Waals surface area contributed by atoms with E-state index in [1.165, 1.54) is 20.5 Å². The minimum Gasteiger partial charge on any atom is -0.226 e. The molecule has 0 aliphatic heterocycles. The summed E-state index contributed by atoms with van der Waals surface area (Å²) in [5.41, 5.74) is 17.2. The molecule has 0 unspecified atom stereocenters. The molecule has 0 radical (unpaired) electrons. The van der Waals surface area contributed by atoms with Crippen LogP contribution in [-0.2, 0) is 0 Å². The van der Waals surface area contributed by atoms with Gasteiger partial charge >= 0.3 is 0 Å². The second-order valence-corrected chi connectivity index (χ2v) is 19.1. The van der Waals surface area contributed by atoms with Gasteiger partial charge in [0.25, 0.3) is 0 Å². The molecular formula is C62H38N4S2. The first-order valence-electron chi connectivity index (χ1n) is 22.7. The fourth-order valence-electron chi connectivity index (χ4n) is 9.26. The first kappa shape index (κ1) is 39.9. The van der Waals surface area contributed by atoms with Gasteiger partial charge in [-0.3, -0.25) is 0 Å². The Hall–Kier alpha value is -8.42. The minimum atomic E-state index is 0.717. The third kappa shape index (κ3) is 7.24. The number of hydrogen-bond donors (Lipinski definition) is 0. The lowest BCUT2D eigenvalue weighted by Gasteiger charge is -2.10. The van der Waals surface area contributed by atoms with Crippen LogP contribution in [0.3, 0.4) is 0 Å². The Balaban J connectivity index is 0.797. The molecule has 4 nitrogen and oxygen atoms in total. The van der Waals surface area contributed by atoms with Gasteiger partial charge in [-0.15, -0.1) is 22.7 Å². The Labute approximate surface area is 401 Å². The normalized spacial score (nSPS) is 11.5. The Kier molecular flexibility index (Phi) is 9.85. The number of nitrogens with zero attached hydrogens (tertiary/aromatic N) is 4. The van der Waals surface area contributed by atoms with Crippen molar-refractivity contribution in [3.05, 3.63) is 231 Å².